The minimum atomic E-state index is -0.338. The number of nitrogens with one attached hydrogen (secondary N) is 2. The molecule has 2 amide bonds. The van der Waals surface area contributed by atoms with Crippen LogP contribution >= 0.6 is 0 Å². The minimum absolute atomic E-state index is 0.195. The van der Waals surface area contributed by atoms with Gasteiger partial charge in [0.05, 0.1) is 6.42 Å². The molecule has 0 spiro atoms. The van der Waals surface area contributed by atoms with Crippen molar-refractivity contribution in [2.75, 3.05) is 11.4 Å². The highest BCUT2D eigenvalue weighted by atomic mass is 16.2. The topological polar surface area (TPSA) is 61.4 Å². The maximum atomic E-state index is 12.4. The van der Waals surface area contributed by atoms with Gasteiger partial charge in [-0.1, -0.05) is 42.5 Å². The van der Waals surface area contributed by atoms with Crippen LogP contribution in [0.25, 0.3) is 10.8 Å². The number of hydrogen-bond donors (Lipinski definition) is 2. The molecule has 0 heterocycles. The number of carbonyl (C=O) groups excluding carboxylic acids is 2. The van der Waals surface area contributed by atoms with Crippen LogP contribution in [0.2, 0.25) is 0 Å². The van der Waals surface area contributed by atoms with Crippen LogP contribution in [-0.2, 0) is 11.2 Å². The van der Waals surface area contributed by atoms with Gasteiger partial charge in [0.2, 0.25) is 5.91 Å². The smallest absolute Gasteiger partial charge is 0.269 e. The molecule has 0 aliphatic rings. The lowest BCUT2D eigenvalue weighted by atomic mass is 10.0. The van der Waals surface area contributed by atoms with Gasteiger partial charge in [0.15, 0.2) is 0 Å². The van der Waals surface area contributed by atoms with Crippen LogP contribution in [0.3, 0.4) is 0 Å². The van der Waals surface area contributed by atoms with E-state index < -0.39 is 0 Å². The first-order chi connectivity index (χ1) is 14.0. The quantitative estimate of drug-likeness (QED) is 0.625. The fourth-order valence-corrected chi connectivity index (χ4v) is 3.51. The first kappa shape index (κ1) is 20.4. The van der Waals surface area contributed by atoms with E-state index in [4.69, 9.17) is 0 Å². The lowest BCUT2D eigenvalue weighted by Crippen LogP contribution is -2.42. The molecule has 0 saturated carbocycles. The molecule has 3 aromatic carbocycles. The molecule has 2 N–H and O–H groups in total. The average Bonchev–Trinajstić information content (AvgIpc) is 2.73. The summed E-state index contributed by atoms with van der Waals surface area (Å²) in [5.41, 5.74) is 7.50. The van der Waals surface area contributed by atoms with Crippen LogP contribution in [-0.4, -0.2) is 24.4 Å². The van der Waals surface area contributed by atoms with Gasteiger partial charge in [0.1, 0.15) is 0 Å². The summed E-state index contributed by atoms with van der Waals surface area (Å²) < 4.78 is 0. The van der Waals surface area contributed by atoms with Gasteiger partial charge in [-0.25, -0.2) is 0 Å². The zero-order valence-corrected chi connectivity index (χ0v) is 17.1. The summed E-state index contributed by atoms with van der Waals surface area (Å²) in [6, 6.07) is 21.6. The van der Waals surface area contributed by atoms with E-state index in [0.29, 0.717) is 11.6 Å². The Morgan fingerprint density at radius 3 is 2.28 bits per heavy atom. The molecule has 29 heavy (non-hydrogen) atoms. The van der Waals surface area contributed by atoms with Crippen LogP contribution in [0.5, 0.6) is 0 Å². The fraction of sp³-hybridized carbons (Fsp3) is 0.250. The Morgan fingerprint density at radius 1 is 0.897 bits per heavy atom. The maximum Gasteiger partial charge on any atom is 0.269 e. The fourth-order valence-electron chi connectivity index (χ4n) is 3.51. The molecule has 0 aromatic heterocycles. The zero-order valence-electron chi connectivity index (χ0n) is 17.1. The third-order valence-corrected chi connectivity index (χ3v) is 4.97. The van der Waals surface area contributed by atoms with E-state index in [1.165, 1.54) is 0 Å². The predicted octanol–water partition coefficient (Wildman–Crippen LogP) is 4.08. The first-order valence-corrected chi connectivity index (χ1v) is 9.92. The van der Waals surface area contributed by atoms with Crippen molar-refractivity contribution in [2.24, 2.45) is 0 Å². The second kappa shape index (κ2) is 9.24. The second-order valence-corrected chi connectivity index (χ2v) is 7.24. The summed E-state index contributed by atoms with van der Waals surface area (Å²) in [5, 5.41) is 2.13. The Kier molecular flexibility index (Phi) is 6.50. The van der Waals surface area contributed by atoms with Crippen LogP contribution < -0.4 is 15.8 Å². The van der Waals surface area contributed by atoms with Crippen molar-refractivity contribution < 1.29 is 9.59 Å². The predicted molar refractivity (Wildman–Crippen MR) is 118 cm³/mol. The number of amides is 2. The molecule has 5 nitrogen and oxygen atoms in total. The Bertz CT molecular complexity index is 991. The third kappa shape index (κ3) is 4.93. The SMILES string of the molecule is CCN(c1ccc(C(=O)NNC(=O)Cc2cccc3ccccc23)cc1)C(C)C. The minimum Gasteiger partial charge on any atom is -0.369 e. The van der Waals surface area contributed by atoms with E-state index >= 15 is 0 Å². The van der Waals surface area contributed by atoms with Gasteiger partial charge in [-0.2, -0.15) is 0 Å². The van der Waals surface area contributed by atoms with Gasteiger partial charge in [-0.3, -0.25) is 20.4 Å². The molecule has 3 aromatic rings. The number of carbonyl (C=O) groups is 2. The van der Waals surface area contributed by atoms with E-state index in [1.54, 1.807) is 12.1 Å². The number of rotatable bonds is 6. The van der Waals surface area contributed by atoms with Gasteiger partial charge in [0, 0.05) is 23.8 Å². The molecule has 0 saturated heterocycles. The number of hydrogen-bond acceptors (Lipinski definition) is 3. The van der Waals surface area contributed by atoms with Crippen LogP contribution in [0, 0.1) is 0 Å². The largest absolute Gasteiger partial charge is 0.369 e. The average molecular weight is 389 g/mol. The van der Waals surface area contributed by atoms with E-state index in [9.17, 15) is 9.59 Å². The highest BCUT2D eigenvalue weighted by Crippen LogP contribution is 2.19. The molecular weight excluding hydrogens is 362 g/mol. The van der Waals surface area contributed by atoms with E-state index in [2.05, 4.69) is 36.5 Å². The number of hydrazine groups is 1. The maximum absolute atomic E-state index is 12.4. The van der Waals surface area contributed by atoms with Crippen molar-refractivity contribution in [1.29, 1.82) is 0 Å². The summed E-state index contributed by atoms with van der Waals surface area (Å²) in [6.07, 6.45) is 0.195. The molecule has 0 unspecified atom stereocenters. The summed E-state index contributed by atoms with van der Waals surface area (Å²) in [5.74, 6) is -0.598. The monoisotopic (exact) mass is 389 g/mol. The van der Waals surface area contributed by atoms with Gasteiger partial charge >= 0.3 is 0 Å². The van der Waals surface area contributed by atoms with Crippen molar-refractivity contribution in [2.45, 2.75) is 33.2 Å². The molecule has 0 fully saturated rings. The summed E-state index contributed by atoms with van der Waals surface area (Å²) in [4.78, 5) is 26.9. The molecular formula is C24H27N3O2. The van der Waals surface area contributed by atoms with Crippen molar-refractivity contribution in [3.05, 3.63) is 77.9 Å². The van der Waals surface area contributed by atoms with Crippen LogP contribution in [0.1, 0.15) is 36.7 Å². The molecule has 0 aliphatic heterocycles. The van der Waals surface area contributed by atoms with E-state index in [-0.39, 0.29) is 18.2 Å². The molecule has 0 atom stereocenters. The summed E-state index contributed by atoms with van der Waals surface area (Å²) >= 11 is 0. The molecule has 0 bridgehead atoms. The Morgan fingerprint density at radius 2 is 1.59 bits per heavy atom. The third-order valence-electron chi connectivity index (χ3n) is 4.97. The summed E-state index contributed by atoms with van der Waals surface area (Å²) in [6.45, 7) is 7.27. The number of fused-ring (bicyclic) bond motifs is 1. The molecule has 150 valence electrons. The Hall–Kier alpha value is -3.34. The van der Waals surface area contributed by atoms with Gasteiger partial charge < -0.3 is 4.90 Å². The zero-order chi connectivity index (χ0) is 20.8. The first-order valence-electron chi connectivity index (χ1n) is 9.92. The molecule has 5 heteroatoms. The standard InChI is InChI=1S/C24H27N3O2/c1-4-27(17(2)3)21-14-12-19(13-15-21)24(29)26-25-23(28)16-20-10-7-9-18-8-5-6-11-22(18)20/h5-15,17H,4,16H2,1-3H3,(H,25,28)(H,26,29). The van der Waals surface area contributed by atoms with Crippen LogP contribution in [0.15, 0.2) is 66.7 Å². The van der Waals surface area contributed by atoms with Crippen molar-refractivity contribution >= 4 is 28.3 Å². The Labute approximate surface area is 171 Å². The summed E-state index contributed by atoms with van der Waals surface area (Å²) in [7, 11) is 0. The van der Waals surface area contributed by atoms with Crippen molar-refractivity contribution in [1.82, 2.24) is 10.9 Å². The molecule has 0 radical (unpaired) electrons. The van der Waals surface area contributed by atoms with Gasteiger partial charge in [0.25, 0.3) is 5.91 Å². The van der Waals surface area contributed by atoms with Crippen molar-refractivity contribution in [3.63, 3.8) is 0 Å². The van der Waals surface area contributed by atoms with Crippen LogP contribution in [0.4, 0.5) is 5.69 Å². The lowest BCUT2D eigenvalue weighted by Gasteiger charge is -2.27. The Balaban J connectivity index is 1.59. The lowest BCUT2D eigenvalue weighted by molar-refractivity contribution is -0.121. The van der Waals surface area contributed by atoms with Crippen molar-refractivity contribution in [3.8, 4) is 0 Å². The van der Waals surface area contributed by atoms with E-state index in [0.717, 1.165) is 28.6 Å². The second-order valence-electron chi connectivity index (χ2n) is 7.24. The normalized spacial score (nSPS) is 10.8. The number of anilines is 1. The van der Waals surface area contributed by atoms with Gasteiger partial charge in [-0.05, 0) is 61.4 Å². The molecule has 0 aliphatic carbocycles. The van der Waals surface area contributed by atoms with Gasteiger partial charge in [-0.15, -0.1) is 0 Å². The highest BCUT2D eigenvalue weighted by molar-refractivity contribution is 5.96. The highest BCUT2D eigenvalue weighted by Gasteiger charge is 2.12. The van der Waals surface area contributed by atoms with E-state index in [1.807, 2.05) is 54.6 Å². The molecule has 3 rings (SSSR count). The number of benzene rings is 3. The number of nitrogens with zero attached hydrogens (tertiary/aromatic N) is 1.